The van der Waals surface area contributed by atoms with E-state index in [1.807, 2.05) is 32.2 Å². The monoisotopic (exact) mass is 291 g/mol. The van der Waals surface area contributed by atoms with Crippen LogP contribution in [0.5, 0.6) is 0 Å². The van der Waals surface area contributed by atoms with E-state index in [9.17, 15) is 0 Å². The van der Waals surface area contributed by atoms with Gasteiger partial charge in [0.2, 0.25) is 0 Å². The Labute approximate surface area is 123 Å². The molecule has 2 aliphatic rings. The largest absolute Gasteiger partial charge is 0.474 e. The Hall–Kier alpha value is -0.386. The average Bonchev–Trinajstić information content (AvgIpc) is 2.25. The maximum atomic E-state index is 4.78. The van der Waals surface area contributed by atoms with Crippen molar-refractivity contribution in [1.82, 2.24) is 0 Å². The first-order valence-corrected chi connectivity index (χ1v) is 5.03. The van der Waals surface area contributed by atoms with Gasteiger partial charge in [0.1, 0.15) is 12.3 Å². The molecule has 81 valence electrons. The Morgan fingerprint density at radius 1 is 1.44 bits per heavy atom. The Morgan fingerprint density at radius 2 is 2.19 bits per heavy atom. The van der Waals surface area contributed by atoms with Crippen molar-refractivity contribution < 1.29 is 37.4 Å². The summed E-state index contributed by atoms with van der Waals surface area (Å²) in [5, 5.41) is 0. The molecule has 0 N–H and O–H groups in total. The van der Waals surface area contributed by atoms with E-state index in [-0.39, 0.29) is 32.7 Å². The molecular weight excluding hydrogens is 275 g/mol. The molecule has 2 heterocycles. The van der Waals surface area contributed by atoms with Crippen molar-refractivity contribution in [3.63, 3.8) is 0 Å². The van der Waals surface area contributed by atoms with E-state index in [0.29, 0.717) is 5.92 Å². The molecule has 1 radical (unpaired) electrons. The first-order valence-electron chi connectivity index (χ1n) is 5.03. The Morgan fingerprint density at radius 3 is 2.50 bits per heavy atom. The van der Waals surface area contributed by atoms with Gasteiger partial charge in [0.25, 0.3) is 0 Å². The van der Waals surface area contributed by atoms with Gasteiger partial charge in [-0.15, -0.1) is 0 Å². The van der Waals surface area contributed by atoms with E-state index in [4.69, 9.17) is 4.74 Å². The van der Waals surface area contributed by atoms with Gasteiger partial charge in [0, 0.05) is 46.2 Å². The third-order valence-electron chi connectivity index (χ3n) is 2.20. The summed E-state index contributed by atoms with van der Waals surface area (Å²) in [6.45, 7) is 6.91. The Kier molecular flexibility index (Phi) is 8.52. The molecule has 0 spiro atoms. The van der Waals surface area contributed by atoms with Gasteiger partial charge in [0.05, 0.1) is 11.1 Å². The van der Waals surface area contributed by atoms with Crippen molar-refractivity contribution in [2.24, 2.45) is 10.9 Å². The third kappa shape index (κ3) is 6.25. The van der Waals surface area contributed by atoms with Crippen LogP contribution in [-0.4, -0.2) is 12.8 Å². The van der Waals surface area contributed by atoms with Gasteiger partial charge in [-0.05, 0) is 6.92 Å². The predicted octanol–water partition coefficient (Wildman–Crippen LogP) is 2.90. The Balaban J connectivity index is 0.000000267. The van der Waals surface area contributed by atoms with Crippen LogP contribution in [0.3, 0.4) is 0 Å². The van der Waals surface area contributed by atoms with Crippen molar-refractivity contribution in [2.45, 2.75) is 20.8 Å². The number of hydrogen-bond donors (Lipinski definition) is 0. The van der Waals surface area contributed by atoms with Crippen LogP contribution in [0.25, 0.3) is 0 Å². The van der Waals surface area contributed by atoms with Crippen LogP contribution in [0.4, 0.5) is 0 Å². The van der Waals surface area contributed by atoms with Gasteiger partial charge in [-0.1, -0.05) is 17.8 Å². The molecule has 1 atom stereocenters. The second kappa shape index (κ2) is 8.73. The predicted molar refractivity (Wildman–Crippen MR) is 61.9 cm³/mol. The maximum absolute atomic E-state index is 4.78. The number of rotatable bonds is 0. The van der Waals surface area contributed by atoms with Crippen molar-refractivity contribution in [2.75, 3.05) is 6.61 Å². The first-order chi connectivity index (χ1) is 7.20. The molecule has 1 unspecified atom stereocenters. The summed E-state index contributed by atoms with van der Waals surface area (Å²) < 4.78 is 4.78. The summed E-state index contributed by atoms with van der Waals surface area (Å²) in [4.78, 5) is 3.82. The molecule has 0 aliphatic carbocycles. The zero-order valence-electron chi connectivity index (χ0n) is 10.0. The van der Waals surface area contributed by atoms with Crippen LogP contribution >= 0.6 is 0 Å². The summed E-state index contributed by atoms with van der Waals surface area (Å²) in [5.74, 6) is 0.550. The number of hydrogen-bond acceptors (Lipinski definition) is 2. The smallest absolute Gasteiger partial charge is 0.301 e. The third-order valence-corrected chi connectivity index (χ3v) is 2.20. The van der Waals surface area contributed by atoms with Crippen LogP contribution < -0.4 is 0 Å². The van der Waals surface area contributed by atoms with Crippen molar-refractivity contribution >= 4 is 6.21 Å². The van der Waals surface area contributed by atoms with Gasteiger partial charge in [-0.2, -0.15) is 0 Å². The molecule has 3 heteroatoms. The SMILES string of the molecule is CC1=C(C)C=N[C+]=C1.CC1C=[C+]OC[CH-]1.[Y]. The number of nitrogens with zero attached hydrogens (tertiary/aromatic N) is 1. The summed E-state index contributed by atoms with van der Waals surface area (Å²) in [6.07, 6.45) is 13.1. The minimum atomic E-state index is 0. The molecule has 2 aliphatic heterocycles. The Bertz CT molecular complexity index is 296. The van der Waals surface area contributed by atoms with Crippen LogP contribution in [-0.2, 0) is 37.4 Å². The van der Waals surface area contributed by atoms with Gasteiger partial charge in [-0.3, -0.25) is 6.42 Å². The first kappa shape index (κ1) is 15.6. The molecule has 2 rings (SSSR count). The minimum absolute atomic E-state index is 0. The quantitative estimate of drug-likeness (QED) is 0.629. The molecule has 0 fully saturated rings. The maximum Gasteiger partial charge on any atom is 0.474 e. The normalized spacial score (nSPS) is 20.8. The van der Waals surface area contributed by atoms with E-state index in [0.717, 1.165) is 6.61 Å². The molecule has 16 heavy (non-hydrogen) atoms. The van der Waals surface area contributed by atoms with Gasteiger partial charge in [-0.25, -0.2) is 0 Å². The molecule has 0 aromatic heterocycles. The summed E-state index contributed by atoms with van der Waals surface area (Å²) >= 11 is 0. The molecule has 0 aromatic carbocycles. The number of ether oxygens (including phenoxy) is 1. The van der Waals surface area contributed by atoms with E-state index < -0.39 is 0 Å². The van der Waals surface area contributed by atoms with Gasteiger partial charge in [0.15, 0.2) is 12.3 Å². The molecule has 0 bridgehead atoms. The fourth-order valence-electron chi connectivity index (χ4n) is 0.955. The molecule has 0 aromatic rings. The second-order valence-electron chi connectivity index (χ2n) is 3.59. The summed E-state index contributed by atoms with van der Waals surface area (Å²) in [5.41, 5.74) is 2.48. The van der Waals surface area contributed by atoms with Crippen LogP contribution in [0.15, 0.2) is 28.3 Å². The fourth-order valence-corrected chi connectivity index (χ4v) is 0.955. The topological polar surface area (TPSA) is 21.6 Å². The molecule has 2 nitrogen and oxygen atoms in total. The van der Waals surface area contributed by atoms with E-state index in [1.165, 1.54) is 11.1 Å². The molecule has 0 saturated heterocycles. The molecule has 0 saturated carbocycles. The fraction of sp³-hybridized carbons (Fsp3) is 0.385. The van der Waals surface area contributed by atoms with Crippen molar-refractivity contribution in [3.05, 3.63) is 42.2 Å². The summed E-state index contributed by atoms with van der Waals surface area (Å²) in [6, 6.07) is 0. The second-order valence-corrected chi connectivity index (χ2v) is 3.59. The number of aliphatic imine (C=N–C) groups is 1. The van der Waals surface area contributed by atoms with Crippen LogP contribution in [0, 0.1) is 24.8 Å². The van der Waals surface area contributed by atoms with E-state index in [1.54, 1.807) is 0 Å². The average molecular weight is 291 g/mol. The van der Waals surface area contributed by atoms with E-state index >= 15 is 0 Å². The minimum Gasteiger partial charge on any atom is -0.301 e. The standard InChI is InChI=1S/C7H8N.C6H8O.Y/c1-6-3-4-8-5-7(6)2;1-6-2-4-7-5-3-6;/h3,5H,1-2H3;2-3,6H,4H2,1H3;/q+1;;. The molecular formula is C13H16NOY+. The van der Waals surface area contributed by atoms with Gasteiger partial charge < -0.3 is 4.74 Å². The van der Waals surface area contributed by atoms with Crippen LogP contribution in [0.2, 0.25) is 0 Å². The van der Waals surface area contributed by atoms with Crippen molar-refractivity contribution in [1.29, 1.82) is 0 Å². The molecule has 0 amide bonds. The zero-order chi connectivity index (χ0) is 11.1. The van der Waals surface area contributed by atoms with E-state index in [2.05, 4.69) is 30.8 Å². The number of allylic oxidation sites excluding steroid dienone is 4. The van der Waals surface area contributed by atoms with Crippen LogP contribution in [0.1, 0.15) is 20.8 Å². The van der Waals surface area contributed by atoms with Gasteiger partial charge >= 0.3 is 6.26 Å². The summed E-state index contributed by atoms with van der Waals surface area (Å²) in [7, 11) is 0. The van der Waals surface area contributed by atoms with Crippen molar-refractivity contribution in [3.8, 4) is 0 Å². The zero-order valence-corrected chi connectivity index (χ0v) is 12.9.